The molecule has 0 radical (unpaired) electrons. The number of rotatable bonds is 6. The maximum Gasteiger partial charge on any atom is 0.166 e. The van der Waals surface area contributed by atoms with Crippen molar-refractivity contribution in [3.63, 3.8) is 0 Å². The summed E-state index contributed by atoms with van der Waals surface area (Å²) < 4.78 is 14.1. The third-order valence-electron chi connectivity index (χ3n) is 5.22. The molecule has 0 N–H and O–H groups in total. The molecular formula is C24H24ClNO3S. The Labute approximate surface area is 186 Å². The average molecular weight is 442 g/mol. The molecule has 156 valence electrons. The maximum absolute atomic E-state index is 12.7. The fourth-order valence-electron chi connectivity index (χ4n) is 3.80. The van der Waals surface area contributed by atoms with Gasteiger partial charge in [0.1, 0.15) is 35.5 Å². The molecule has 4 rings (SSSR count). The molecule has 0 fully saturated rings. The summed E-state index contributed by atoms with van der Waals surface area (Å²) in [4.78, 5) is 12.7. The summed E-state index contributed by atoms with van der Waals surface area (Å²) in [6.07, 6.45) is 1.30. The Morgan fingerprint density at radius 1 is 1.10 bits per heavy atom. The van der Waals surface area contributed by atoms with Crippen LogP contribution in [0.15, 0.2) is 65.1 Å². The molecule has 1 atom stereocenters. The van der Waals surface area contributed by atoms with Crippen molar-refractivity contribution in [2.24, 2.45) is 5.41 Å². The first-order valence-corrected chi connectivity index (χ1v) is 10.9. The van der Waals surface area contributed by atoms with E-state index in [0.29, 0.717) is 22.8 Å². The minimum atomic E-state index is -0.204. The topological polar surface area (TPSA) is 42.7 Å². The van der Waals surface area contributed by atoms with E-state index < -0.39 is 0 Å². The fraction of sp³-hybridized carbons (Fsp3) is 0.292. The summed E-state index contributed by atoms with van der Waals surface area (Å²) in [7, 11) is 1.95. The highest BCUT2D eigenvalue weighted by molar-refractivity contribution is 7.92. The van der Waals surface area contributed by atoms with Gasteiger partial charge in [-0.25, -0.2) is 4.31 Å². The average Bonchev–Trinajstić information content (AvgIpc) is 3.11. The van der Waals surface area contributed by atoms with Crippen LogP contribution in [0.3, 0.4) is 0 Å². The first kappa shape index (κ1) is 21.0. The van der Waals surface area contributed by atoms with E-state index >= 15 is 0 Å². The number of nitrogens with zero attached hydrogens (tertiary/aromatic N) is 1. The lowest BCUT2D eigenvalue weighted by molar-refractivity contribution is 0.0903. The Morgan fingerprint density at radius 2 is 1.80 bits per heavy atom. The van der Waals surface area contributed by atoms with Gasteiger partial charge in [-0.1, -0.05) is 55.8 Å². The molecule has 0 spiro atoms. The molecular weight excluding hydrogens is 418 g/mol. The zero-order valence-corrected chi connectivity index (χ0v) is 18.8. The van der Waals surface area contributed by atoms with Crippen molar-refractivity contribution in [1.29, 1.82) is 0 Å². The van der Waals surface area contributed by atoms with Crippen molar-refractivity contribution in [3.8, 4) is 5.75 Å². The number of carbonyl (C=O) groups excluding carboxylic acids is 1. The van der Waals surface area contributed by atoms with Gasteiger partial charge in [0.05, 0.1) is 5.56 Å². The van der Waals surface area contributed by atoms with Crippen molar-refractivity contribution in [1.82, 2.24) is 4.31 Å². The molecule has 0 saturated carbocycles. The number of Topliss-reactive ketones (excluding diaryl/α,β-unsaturated/α-hetero) is 1. The van der Waals surface area contributed by atoms with Gasteiger partial charge in [-0.05, 0) is 41.3 Å². The van der Waals surface area contributed by atoms with Gasteiger partial charge in [-0.3, -0.25) is 4.79 Å². The molecule has 1 unspecified atom stereocenters. The minimum Gasteiger partial charge on any atom is -0.463 e. The molecule has 1 aromatic heterocycles. The van der Waals surface area contributed by atoms with Crippen LogP contribution in [0.4, 0.5) is 0 Å². The molecule has 0 bridgehead atoms. The lowest BCUT2D eigenvalue weighted by Gasteiger charge is -2.27. The number of fused-ring (bicyclic) bond motifs is 1. The molecule has 0 aliphatic heterocycles. The van der Waals surface area contributed by atoms with E-state index in [1.807, 2.05) is 47.8 Å². The van der Waals surface area contributed by atoms with Gasteiger partial charge >= 0.3 is 0 Å². The second-order valence-corrected chi connectivity index (χ2v) is 9.73. The SMILES string of the molecule is CN(SOc1ccc(Cl)cc1)C(c1ccccc1)c1cc2c(o1)CC(C)(C)CC2=O. The summed E-state index contributed by atoms with van der Waals surface area (Å²) >= 11 is 7.18. The number of benzene rings is 2. The molecule has 1 heterocycles. The van der Waals surface area contributed by atoms with Gasteiger partial charge in [0, 0.05) is 24.9 Å². The number of ketones is 1. The van der Waals surface area contributed by atoms with Gasteiger partial charge in [0.15, 0.2) is 5.78 Å². The lowest BCUT2D eigenvalue weighted by atomic mass is 9.76. The Kier molecular flexibility index (Phi) is 5.96. The van der Waals surface area contributed by atoms with Crippen molar-refractivity contribution in [3.05, 3.63) is 88.3 Å². The van der Waals surface area contributed by atoms with E-state index in [-0.39, 0.29) is 17.2 Å². The fourth-order valence-corrected chi connectivity index (χ4v) is 4.55. The summed E-state index contributed by atoms with van der Waals surface area (Å²) in [5.41, 5.74) is 1.69. The first-order chi connectivity index (χ1) is 14.3. The summed E-state index contributed by atoms with van der Waals surface area (Å²) in [5.74, 6) is 2.38. The highest BCUT2D eigenvalue weighted by Gasteiger charge is 2.36. The van der Waals surface area contributed by atoms with Gasteiger partial charge in [-0.15, -0.1) is 0 Å². The highest BCUT2D eigenvalue weighted by atomic mass is 35.5. The summed E-state index contributed by atoms with van der Waals surface area (Å²) in [5, 5.41) is 0.664. The summed E-state index contributed by atoms with van der Waals surface area (Å²) in [6, 6.07) is 19.0. The van der Waals surface area contributed by atoms with Crippen molar-refractivity contribution >= 4 is 29.6 Å². The van der Waals surface area contributed by atoms with E-state index in [4.69, 9.17) is 20.2 Å². The highest BCUT2D eigenvalue weighted by Crippen LogP contribution is 2.40. The zero-order valence-electron chi connectivity index (χ0n) is 17.2. The Hall–Kier alpha value is -2.21. The predicted octanol–water partition coefficient (Wildman–Crippen LogP) is 6.75. The standard InChI is InChI=1S/C24H24ClNO3S/c1-24(2)14-20(27)19-13-21(28-22(19)15-24)23(16-7-5-4-6-8-16)26(3)30-29-18-11-9-17(25)10-12-18/h4-13,23H,14-15H2,1-3H3. The van der Waals surface area contributed by atoms with Gasteiger partial charge in [0.2, 0.25) is 0 Å². The maximum atomic E-state index is 12.7. The lowest BCUT2D eigenvalue weighted by Crippen LogP contribution is -2.25. The zero-order chi connectivity index (χ0) is 21.3. The van der Waals surface area contributed by atoms with Gasteiger partial charge in [-0.2, -0.15) is 0 Å². The van der Waals surface area contributed by atoms with Crippen molar-refractivity contribution in [2.75, 3.05) is 7.05 Å². The van der Waals surface area contributed by atoms with Crippen LogP contribution in [0.5, 0.6) is 5.75 Å². The molecule has 6 heteroatoms. The normalized spacial score (nSPS) is 16.4. The van der Waals surface area contributed by atoms with E-state index in [2.05, 4.69) is 26.0 Å². The molecule has 0 amide bonds. The number of hydrogen-bond acceptors (Lipinski definition) is 5. The molecule has 2 aromatic carbocycles. The van der Waals surface area contributed by atoms with Gasteiger partial charge in [0.25, 0.3) is 0 Å². The Bertz CT molecular complexity index is 1030. The second-order valence-electron chi connectivity index (χ2n) is 8.40. The van der Waals surface area contributed by atoms with E-state index in [0.717, 1.165) is 23.5 Å². The smallest absolute Gasteiger partial charge is 0.166 e. The molecule has 30 heavy (non-hydrogen) atoms. The van der Waals surface area contributed by atoms with Crippen LogP contribution in [0.25, 0.3) is 0 Å². The number of carbonyl (C=O) groups is 1. The first-order valence-electron chi connectivity index (χ1n) is 9.86. The minimum absolute atomic E-state index is 0.0835. The van der Waals surface area contributed by atoms with Crippen LogP contribution in [-0.2, 0) is 6.42 Å². The number of hydrogen-bond donors (Lipinski definition) is 0. The van der Waals surface area contributed by atoms with Crippen molar-refractivity contribution in [2.45, 2.75) is 32.7 Å². The molecule has 0 saturated heterocycles. The van der Waals surface area contributed by atoms with Crippen LogP contribution in [0.1, 0.15) is 53.8 Å². The quantitative estimate of drug-likeness (QED) is 0.312. The van der Waals surface area contributed by atoms with Crippen LogP contribution < -0.4 is 4.18 Å². The summed E-state index contributed by atoms with van der Waals surface area (Å²) in [6.45, 7) is 4.21. The van der Waals surface area contributed by atoms with Gasteiger partial charge < -0.3 is 8.60 Å². The van der Waals surface area contributed by atoms with Crippen molar-refractivity contribution < 1.29 is 13.4 Å². The Morgan fingerprint density at radius 3 is 2.50 bits per heavy atom. The molecule has 3 aromatic rings. The molecule has 1 aliphatic carbocycles. The predicted molar refractivity (Wildman–Crippen MR) is 121 cm³/mol. The van der Waals surface area contributed by atoms with Crippen LogP contribution in [-0.4, -0.2) is 17.1 Å². The Balaban J connectivity index is 1.63. The van der Waals surface area contributed by atoms with E-state index in [1.54, 1.807) is 12.1 Å². The largest absolute Gasteiger partial charge is 0.463 e. The second kappa shape index (κ2) is 8.50. The molecule has 1 aliphatic rings. The third kappa shape index (κ3) is 4.59. The van der Waals surface area contributed by atoms with Crippen LogP contribution in [0.2, 0.25) is 5.02 Å². The monoisotopic (exact) mass is 441 g/mol. The molecule has 4 nitrogen and oxygen atoms in total. The van der Waals surface area contributed by atoms with Crippen LogP contribution >= 0.6 is 23.8 Å². The number of furan rings is 1. The van der Waals surface area contributed by atoms with Crippen LogP contribution in [0, 0.1) is 5.41 Å². The van der Waals surface area contributed by atoms with E-state index in [9.17, 15) is 4.79 Å². The van der Waals surface area contributed by atoms with E-state index in [1.165, 1.54) is 12.2 Å². The third-order valence-corrected chi connectivity index (χ3v) is 6.18. The number of halogens is 1.